The summed E-state index contributed by atoms with van der Waals surface area (Å²) in [6.45, 7) is 7.52. The fraction of sp³-hybridized carbons (Fsp3) is 0.833. The highest BCUT2D eigenvalue weighted by molar-refractivity contribution is 7.98. The van der Waals surface area contributed by atoms with Gasteiger partial charge in [0.25, 0.3) is 0 Å². The second-order valence-electron chi connectivity index (χ2n) is 4.22. The molecule has 1 unspecified atom stereocenters. The summed E-state index contributed by atoms with van der Waals surface area (Å²) >= 11 is 1.85. The summed E-state index contributed by atoms with van der Waals surface area (Å²) in [6, 6.07) is 0.395. The van der Waals surface area contributed by atoms with E-state index in [1.165, 1.54) is 6.42 Å². The number of hydrogen-bond donors (Lipinski definition) is 1. The molecule has 1 atom stereocenters. The highest BCUT2D eigenvalue weighted by atomic mass is 32.2. The Balaban J connectivity index is 2.29. The summed E-state index contributed by atoms with van der Waals surface area (Å²) in [5.41, 5.74) is 0. The van der Waals surface area contributed by atoms with Crippen molar-refractivity contribution < 1.29 is 4.52 Å². The molecule has 98 valence electrons. The van der Waals surface area contributed by atoms with Crippen LogP contribution in [0.5, 0.6) is 0 Å². The SMILES string of the molecule is CCCNC(C)Cc1nc(CSCCC)no1. The average Bonchev–Trinajstić information content (AvgIpc) is 2.74. The summed E-state index contributed by atoms with van der Waals surface area (Å²) in [4.78, 5) is 4.39. The molecule has 0 fully saturated rings. The lowest BCUT2D eigenvalue weighted by Gasteiger charge is -2.09. The molecule has 0 aliphatic carbocycles. The molecule has 0 aliphatic heterocycles. The first-order valence-electron chi connectivity index (χ1n) is 6.38. The number of aromatic nitrogens is 2. The second kappa shape index (κ2) is 8.53. The minimum atomic E-state index is 0.395. The Hall–Kier alpha value is -0.550. The van der Waals surface area contributed by atoms with Gasteiger partial charge in [0.15, 0.2) is 5.82 Å². The molecule has 5 heteroatoms. The van der Waals surface area contributed by atoms with Crippen LogP contribution < -0.4 is 5.32 Å². The fourth-order valence-corrected chi connectivity index (χ4v) is 2.20. The summed E-state index contributed by atoms with van der Waals surface area (Å²) < 4.78 is 5.23. The van der Waals surface area contributed by atoms with Crippen LogP contribution in [0.1, 0.15) is 45.3 Å². The number of nitrogens with one attached hydrogen (secondary N) is 1. The van der Waals surface area contributed by atoms with Gasteiger partial charge in [-0.2, -0.15) is 16.7 Å². The van der Waals surface area contributed by atoms with Crippen molar-refractivity contribution >= 4 is 11.8 Å². The van der Waals surface area contributed by atoms with E-state index >= 15 is 0 Å². The van der Waals surface area contributed by atoms with E-state index < -0.39 is 0 Å². The number of nitrogens with zero attached hydrogens (tertiary/aromatic N) is 2. The largest absolute Gasteiger partial charge is 0.339 e. The van der Waals surface area contributed by atoms with E-state index in [1.807, 2.05) is 11.8 Å². The van der Waals surface area contributed by atoms with Gasteiger partial charge in [0, 0.05) is 12.5 Å². The van der Waals surface area contributed by atoms with E-state index in [9.17, 15) is 0 Å². The molecule has 0 aromatic carbocycles. The summed E-state index contributed by atoms with van der Waals surface area (Å²) in [7, 11) is 0. The van der Waals surface area contributed by atoms with E-state index in [1.54, 1.807) is 0 Å². The molecule has 0 spiro atoms. The predicted molar refractivity (Wildman–Crippen MR) is 72.2 cm³/mol. The predicted octanol–water partition coefficient (Wildman–Crippen LogP) is 2.64. The van der Waals surface area contributed by atoms with Crippen molar-refractivity contribution in [1.82, 2.24) is 15.5 Å². The van der Waals surface area contributed by atoms with Gasteiger partial charge in [-0.05, 0) is 32.1 Å². The van der Waals surface area contributed by atoms with Gasteiger partial charge in [0.05, 0.1) is 5.75 Å². The lowest BCUT2D eigenvalue weighted by atomic mass is 10.2. The maximum absolute atomic E-state index is 5.23. The van der Waals surface area contributed by atoms with E-state index in [0.717, 1.165) is 42.6 Å². The van der Waals surface area contributed by atoms with Gasteiger partial charge in [-0.3, -0.25) is 0 Å². The van der Waals surface area contributed by atoms with Crippen molar-refractivity contribution in [2.45, 2.75) is 51.8 Å². The molecule has 0 saturated carbocycles. The third-order valence-corrected chi connectivity index (χ3v) is 3.47. The van der Waals surface area contributed by atoms with Crippen LogP contribution in [0.3, 0.4) is 0 Å². The summed E-state index contributed by atoms with van der Waals surface area (Å²) in [5, 5.41) is 7.40. The number of thioether (sulfide) groups is 1. The first-order chi connectivity index (χ1) is 8.26. The Morgan fingerprint density at radius 3 is 2.88 bits per heavy atom. The lowest BCUT2D eigenvalue weighted by Crippen LogP contribution is -2.28. The molecule has 1 rings (SSSR count). The molecular weight excluding hydrogens is 234 g/mol. The quantitative estimate of drug-likeness (QED) is 0.689. The molecule has 1 N–H and O–H groups in total. The van der Waals surface area contributed by atoms with E-state index in [-0.39, 0.29) is 0 Å². The molecule has 1 aromatic rings. The zero-order valence-electron chi connectivity index (χ0n) is 11.0. The third-order valence-electron chi connectivity index (χ3n) is 2.31. The van der Waals surface area contributed by atoms with Crippen LogP contribution in [0.2, 0.25) is 0 Å². The molecule has 0 bridgehead atoms. The van der Waals surface area contributed by atoms with Crippen LogP contribution in [0.4, 0.5) is 0 Å². The van der Waals surface area contributed by atoms with Crippen molar-refractivity contribution in [2.24, 2.45) is 0 Å². The smallest absolute Gasteiger partial charge is 0.228 e. The van der Waals surface area contributed by atoms with Crippen molar-refractivity contribution in [2.75, 3.05) is 12.3 Å². The normalized spacial score (nSPS) is 12.9. The first kappa shape index (κ1) is 14.5. The van der Waals surface area contributed by atoms with Gasteiger partial charge in [-0.1, -0.05) is 19.0 Å². The third kappa shape index (κ3) is 6.07. The summed E-state index contributed by atoms with van der Waals surface area (Å²) in [5.74, 6) is 3.57. The molecule has 4 nitrogen and oxygen atoms in total. The molecular formula is C12H23N3OS. The van der Waals surface area contributed by atoms with Crippen molar-refractivity contribution in [1.29, 1.82) is 0 Å². The molecule has 1 aromatic heterocycles. The van der Waals surface area contributed by atoms with E-state index in [2.05, 4.69) is 36.2 Å². The monoisotopic (exact) mass is 257 g/mol. The van der Waals surface area contributed by atoms with Gasteiger partial charge in [0.1, 0.15) is 0 Å². The minimum absolute atomic E-state index is 0.395. The van der Waals surface area contributed by atoms with Crippen LogP contribution in [-0.4, -0.2) is 28.5 Å². The van der Waals surface area contributed by atoms with E-state index in [0.29, 0.717) is 6.04 Å². The molecule has 17 heavy (non-hydrogen) atoms. The van der Waals surface area contributed by atoms with Gasteiger partial charge in [-0.25, -0.2) is 0 Å². The van der Waals surface area contributed by atoms with Crippen LogP contribution in [0, 0.1) is 0 Å². The summed E-state index contributed by atoms with van der Waals surface area (Å²) in [6.07, 6.45) is 3.14. The fourth-order valence-electron chi connectivity index (χ4n) is 1.46. The average molecular weight is 257 g/mol. The number of rotatable bonds is 9. The topological polar surface area (TPSA) is 51.0 Å². The maximum Gasteiger partial charge on any atom is 0.228 e. The Morgan fingerprint density at radius 1 is 1.35 bits per heavy atom. The Bertz CT molecular complexity index is 304. The molecule has 1 heterocycles. The maximum atomic E-state index is 5.23. The van der Waals surface area contributed by atoms with Crippen molar-refractivity contribution in [3.05, 3.63) is 11.7 Å². The minimum Gasteiger partial charge on any atom is -0.339 e. The Morgan fingerprint density at radius 2 is 2.18 bits per heavy atom. The standard InChI is InChI=1S/C12H23N3OS/c1-4-6-13-10(3)8-12-14-11(15-16-12)9-17-7-5-2/h10,13H,4-9H2,1-3H3. The Labute approximate surface area is 108 Å². The lowest BCUT2D eigenvalue weighted by molar-refractivity contribution is 0.358. The van der Waals surface area contributed by atoms with Gasteiger partial charge in [-0.15, -0.1) is 0 Å². The van der Waals surface area contributed by atoms with Crippen LogP contribution in [0.15, 0.2) is 4.52 Å². The van der Waals surface area contributed by atoms with Gasteiger partial charge < -0.3 is 9.84 Å². The van der Waals surface area contributed by atoms with Gasteiger partial charge >= 0.3 is 0 Å². The van der Waals surface area contributed by atoms with Crippen LogP contribution in [-0.2, 0) is 12.2 Å². The number of hydrogen-bond acceptors (Lipinski definition) is 5. The molecule has 0 radical (unpaired) electrons. The van der Waals surface area contributed by atoms with Crippen LogP contribution in [0.25, 0.3) is 0 Å². The zero-order chi connectivity index (χ0) is 12.5. The van der Waals surface area contributed by atoms with Crippen LogP contribution >= 0.6 is 11.8 Å². The van der Waals surface area contributed by atoms with E-state index in [4.69, 9.17) is 4.52 Å². The highest BCUT2D eigenvalue weighted by Crippen LogP contribution is 2.11. The second-order valence-corrected chi connectivity index (χ2v) is 5.32. The van der Waals surface area contributed by atoms with Crippen molar-refractivity contribution in [3.63, 3.8) is 0 Å². The zero-order valence-corrected chi connectivity index (χ0v) is 11.8. The first-order valence-corrected chi connectivity index (χ1v) is 7.54. The molecule has 0 aliphatic rings. The van der Waals surface area contributed by atoms with Gasteiger partial charge in [0.2, 0.25) is 5.89 Å². The molecule has 0 saturated heterocycles. The Kier molecular flexibility index (Phi) is 7.28. The highest BCUT2D eigenvalue weighted by Gasteiger charge is 2.10. The molecule has 0 amide bonds. The van der Waals surface area contributed by atoms with Crippen molar-refractivity contribution in [3.8, 4) is 0 Å².